The molecule has 8 heteroatoms. The van der Waals surface area contributed by atoms with Gasteiger partial charge in [-0.15, -0.1) is 11.3 Å². The fraction of sp³-hybridized carbons (Fsp3) is 0.316. The molecule has 0 aliphatic carbocycles. The fourth-order valence-electron chi connectivity index (χ4n) is 3.12. The van der Waals surface area contributed by atoms with Crippen LogP contribution in [-0.4, -0.2) is 40.1 Å². The quantitative estimate of drug-likeness (QED) is 0.659. The molecule has 1 atom stereocenters. The van der Waals surface area contributed by atoms with Crippen LogP contribution in [0.4, 0.5) is 0 Å². The number of ether oxygens (including phenoxy) is 1. The molecule has 0 saturated carbocycles. The molecule has 2 aromatic heterocycles. The van der Waals surface area contributed by atoms with Crippen molar-refractivity contribution in [2.45, 2.75) is 25.9 Å². The van der Waals surface area contributed by atoms with E-state index in [9.17, 15) is 4.79 Å². The number of nitrogens with one attached hydrogen (secondary N) is 2. The average Bonchev–Trinajstić information content (AvgIpc) is 3.39. The highest BCUT2D eigenvalue weighted by Gasteiger charge is 2.19. The molecule has 0 radical (unpaired) electrons. The summed E-state index contributed by atoms with van der Waals surface area (Å²) in [6, 6.07) is 11.8. The Balaban J connectivity index is 1.48. The van der Waals surface area contributed by atoms with Crippen LogP contribution in [0, 0.1) is 6.92 Å². The largest absolute Gasteiger partial charge is 0.376 e. The van der Waals surface area contributed by atoms with E-state index in [-0.39, 0.29) is 12.0 Å². The summed E-state index contributed by atoms with van der Waals surface area (Å²) in [6.07, 6.45) is 2.27. The van der Waals surface area contributed by atoms with E-state index >= 15 is 0 Å². The number of hydrogen-bond donors (Lipinski definition) is 2. The number of thiophene rings is 1. The zero-order valence-corrected chi connectivity index (χ0v) is 16.5. The van der Waals surface area contributed by atoms with Crippen molar-refractivity contribution in [3.8, 4) is 5.69 Å². The SMILES string of the molecule is Cc1nn(-c2ccccc2)c2sc(C(=O)NC(=S)NC[C@H]3CCCO3)cc12. The first kappa shape index (κ1) is 18.1. The number of nitrogens with zero attached hydrogens (tertiary/aromatic N) is 2. The molecule has 1 amide bonds. The molecule has 0 spiro atoms. The van der Waals surface area contributed by atoms with Crippen molar-refractivity contribution in [2.24, 2.45) is 0 Å². The third kappa shape index (κ3) is 3.87. The predicted molar refractivity (Wildman–Crippen MR) is 111 cm³/mol. The number of para-hydroxylation sites is 1. The van der Waals surface area contributed by atoms with E-state index in [2.05, 4.69) is 15.7 Å². The van der Waals surface area contributed by atoms with Gasteiger partial charge in [0.05, 0.1) is 22.4 Å². The van der Waals surface area contributed by atoms with E-state index in [1.807, 2.05) is 48.0 Å². The highest BCUT2D eigenvalue weighted by Crippen LogP contribution is 2.30. The molecular weight excluding hydrogens is 380 g/mol. The molecule has 2 N–H and O–H groups in total. The van der Waals surface area contributed by atoms with Gasteiger partial charge in [-0.1, -0.05) is 18.2 Å². The topological polar surface area (TPSA) is 68.2 Å². The van der Waals surface area contributed by atoms with Crippen LogP contribution in [0.5, 0.6) is 0 Å². The van der Waals surface area contributed by atoms with Crippen LogP contribution >= 0.6 is 23.6 Å². The highest BCUT2D eigenvalue weighted by molar-refractivity contribution is 7.80. The predicted octanol–water partition coefficient (Wildman–Crippen LogP) is 3.18. The molecule has 3 aromatic rings. The van der Waals surface area contributed by atoms with Gasteiger partial charge in [0.25, 0.3) is 5.91 Å². The standard InChI is InChI=1S/C19H20N4O2S2/c1-12-15-10-16(17(24)21-19(26)20-11-14-8-5-9-25-14)27-18(15)23(22-12)13-6-3-2-4-7-13/h2-4,6-7,10,14H,5,8-9,11H2,1H3,(H2,20,21,24,26)/t14-/m1/s1. The van der Waals surface area contributed by atoms with Crippen molar-refractivity contribution in [3.05, 3.63) is 47.0 Å². The fourth-order valence-corrected chi connectivity index (χ4v) is 4.38. The Kier molecular flexibility index (Phi) is 5.20. The van der Waals surface area contributed by atoms with E-state index in [4.69, 9.17) is 17.0 Å². The normalized spacial score (nSPS) is 16.6. The van der Waals surface area contributed by atoms with Gasteiger partial charge in [0, 0.05) is 18.5 Å². The highest BCUT2D eigenvalue weighted by atomic mass is 32.1. The third-order valence-corrected chi connectivity index (χ3v) is 5.87. The number of rotatable bonds is 4. The van der Waals surface area contributed by atoms with Crippen molar-refractivity contribution >= 4 is 44.8 Å². The maximum atomic E-state index is 12.6. The Bertz CT molecular complexity index is 974. The lowest BCUT2D eigenvalue weighted by Gasteiger charge is -2.12. The minimum absolute atomic E-state index is 0.170. The molecule has 1 aliphatic rings. The number of benzene rings is 1. The van der Waals surface area contributed by atoms with Crippen molar-refractivity contribution in [3.63, 3.8) is 0 Å². The van der Waals surface area contributed by atoms with Gasteiger partial charge in [-0.2, -0.15) is 5.10 Å². The molecule has 1 aromatic carbocycles. The first-order chi connectivity index (χ1) is 13.1. The monoisotopic (exact) mass is 400 g/mol. The van der Waals surface area contributed by atoms with Crippen LogP contribution in [0.3, 0.4) is 0 Å². The molecule has 27 heavy (non-hydrogen) atoms. The molecule has 1 saturated heterocycles. The lowest BCUT2D eigenvalue weighted by molar-refractivity contribution is 0.0977. The van der Waals surface area contributed by atoms with E-state index in [0.29, 0.717) is 16.5 Å². The van der Waals surface area contributed by atoms with Crippen LogP contribution in [0.25, 0.3) is 15.9 Å². The summed E-state index contributed by atoms with van der Waals surface area (Å²) in [7, 11) is 0. The molecule has 140 valence electrons. The number of fused-ring (bicyclic) bond motifs is 1. The number of thiocarbonyl (C=S) groups is 1. The smallest absolute Gasteiger partial charge is 0.267 e. The summed E-state index contributed by atoms with van der Waals surface area (Å²) in [5, 5.41) is 11.7. The lowest BCUT2D eigenvalue weighted by atomic mass is 10.2. The molecular formula is C19H20N4O2S2. The molecule has 6 nitrogen and oxygen atoms in total. The minimum atomic E-state index is -0.208. The van der Waals surface area contributed by atoms with Crippen LogP contribution in [-0.2, 0) is 4.74 Å². The number of carbonyl (C=O) groups excluding carboxylic acids is 1. The second kappa shape index (κ2) is 7.75. The number of aryl methyl sites for hydroxylation is 1. The zero-order chi connectivity index (χ0) is 18.8. The summed E-state index contributed by atoms with van der Waals surface area (Å²) in [4.78, 5) is 14.1. The maximum absolute atomic E-state index is 12.6. The van der Waals surface area contributed by atoms with Gasteiger partial charge < -0.3 is 10.1 Å². The Morgan fingerprint density at radius 2 is 2.22 bits per heavy atom. The average molecular weight is 401 g/mol. The Morgan fingerprint density at radius 3 is 2.96 bits per heavy atom. The van der Waals surface area contributed by atoms with Gasteiger partial charge in [-0.25, -0.2) is 4.68 Å². The summed E-state index contributed by atoms with van der Waals surface area (Å²) in [5.41, 5.74) is 1.86. The molecule has 0 bridgehead atoms. The number of amides is 1. The van der Waals surface area contributed by atoms with E-state index in [0.717, 1.165) is 41.0 Å². The van der Waals surface area contributed by atoms with Crippen LogP contribution < -0.4 is 10.6 Å². The first-order valence-electron chi connectivity index (χ1n) is 8.87. The molecule has 4 rings (SSSR count). The van der Waals surface area contributed by atoms with Crippen molar-refractivity contribution in [2.75, 3.05) is 13.2 Å². The summed E-state index contributed by atoms with van der Waals surface area (Å²) in [5.74, 6) is -0.208. The van der Waals surface area contributed by atoms with E-state index < -0.39 is 0 Å². The van der Waals surface area contributed by atoms with Crippen molar-refractivity contribution < 1.29 is 9.53 Å². The van der Waals surface area contributed by atoms with Gasteiger partial charge in [0.2, 0.25) is 0 Å². The van der Waals surface area contributed by atoms with Crippen molar-refractivity contribution in [1.82, 2.24) is 20.4 Å². The lowest BCUT2D eigenvalue weighted by Crippen LogP contribution is -2.42. The number of hydrogen-bond acceptors (Lipinski definition) is 5. The molecule has 0 unspecified atom stereocenters. The second-order valence-electron chi connectivity index (χ2n) is 6.46. The number of aromatic nitrogens is 2. The molecule has 1 aliphatic heterocycles. The maximum Gasteiger partial charge on any atom is 0.267 e. The van der Waals surface area contributed by atoms with Crippen molar-refractivity contribution in [1.29, 1.82) is 0 Å². The Morgan fingerprint density at radius 1 is 1.41 bits per heavy atom. The van der Waals surface area contributed by atoms with Gasteiger partial charge in [-0.05, 0) is 50.2 Å². The number of carbonyl (C=O) groups is 1. The summed E-state index contributed by atoms with van der Waals surface area (Å²) >= 11 is 6.65. The van der Waals surface area contributed by atoms with E-state index in [1.165, 1.54) is 11.3 Å². The minimum Gasteiger partial charge on any atom is -0.376 e. The van der Waals surface area contributed by atoms with Gasteiger partial charge in [0.15, 0.2) is 5.11 Å². The summed E-state index contributed by atoms with van der Waals surface area (Å²) < 4.78 is 7.42. The first-order valence-corrected chi connectivity index (χ1v) is 10.1. The summed E-state index contributed by atoms with van der Waals surface area (Å²) in [6.45, 7) is 3.36. The Hall–Kier alpha value is -2.29. The van der Waals surface area contributed by atoms with Crippen LogP contribution in [0.2, 0.25) is 0 Å². The molecule has 1 fully saturated rings. The third-order valence-electron chi connectivity index (χ3n) is 4.51. The van der Waals surface area contributed by atoms with Gasteiger partial charge in [-0.3, -0.25) is 10.1 Å². The molecule has 3 heterocycles. The van der Waals surface area contributed by atoms with Gasteiger partial charge in [0.1, 0.15) is 4.83 Å². The Labute approximate surface area is 166 Å². The van der Waals surface area contributed by atoms with E-state index in [1.54, 1.807) is 0 Å². The second-order valence-corrected chi connectivity index (χ2v) is 7.90. The van der Waals surface area contributed by atoms with Crippen LogP contribution in [0.15, 0.2) is 36.4 Å². The van der Waals surface area contributed by atoms with Crippen LogP contribution in [0.1, 0.15) is 28.2 Å². The van der Waals surface area contributed by atoms with Gasteiger partial charge >= 0.3 is 0 Å². The zero-order valence-electron chi connectivity index (χ0n) is 14.9.